The van der Waals surface area contributed by atoms with Crippen LogP contribution in [0.25, 0.3) is 0 Å². The zero-order valence-electron chi connectivity index (χ0n) is 7.89. The second-order valence-electron chi connectivity index (χ2n) is 2.61. The van der Waals surface area contributed by atoms with E-state index in [1.807, 2.05) is 6.92 Å². The second kappa shape index (κ2) is 6.22. The van der Waals surface area contributed by atoms with E-state index in [2.05, 4.69) is 26.2 Å². The van der Waals surface area contributed by atoms with E-state index in [0.717, 1.165) is 23.4 Å². The highest BCUT2D eigenvalue weighted by atomic mass is 79.9. The molecule has 0 unspecified atom stereocenters. The molecule has 0 aromatic carbocycles. The molecule has 1 aromatic rings. The predicted octanol–water partition coefficient (Wildman–Crippen LogP) is 2.95. The van der Waals surface area contributed by atoms with E-state index in [1.165, 1.54) is 0 Å². The molecule has 1 rings (SSSR count). The third-order valence-corrected chi connectivity index (χ3v) is 2.36. The minimum absolute atomic E-state index is 0.618. The normalized spacial score (nSPS) is 10.2. The smallest absolute Gasteiger partial charge is 0.140 e. The van der Waals surface area contributed by atoms with E-state index in [4.69, 9.17) is 16.3 Å². The van der Waals surface area contributed by atoms with Gasteiger partial charge in [-0.15, -0.1) is 0 Å². The van der Waals surface area contributed by atoms with Crippen LogP contribution in [0.1, 0.15) is 6.92 Å². The van der Waals surface area contributed by atoms with Crippen LogP contribution < -0.4 is 5.32 Å². The van der Waals surface area contributed by atoms with Crippen LogP contribution in [0, 0.1) is 0 Å². The summed E-state index contributed by atoms with van der Waals surface area (Å²) in [6.45, 7) is 4.11. The monoisotopic (exact) mass is 278 g/mol. The molecule has 0 radical (unpaired) electrons. The van der Waals surface area contributed by atoms with Gasteiger partial charge in [0.25, 0.3) is 0 Å². The Morgan fingerprint density at radius 2 is 2.43 bits per heavy atom. The summed E-state index contributed by atoms with van der Waals surface area (Å²) in [5.74, 6) is 0.786. The van der Waals surface area contributed by atoms with Crippen LogP contribution in [-0.4, -0.2) is 24.7 Å². The molecular formula is C9H12BrClN2O. The number of pyridine rings is 1. The summed E-state index contributed by atoms with van der Waals surface area (Å²) >= 11 is 9.12. The molecule has 0 bridgehead atoms. The summed E-state index contributed by atoms with van der Waals surface area (Å²) in [7, 11) is 0. The summed E-state index contributed by atoms with van der Waals surface area (Å²) in [6, 6.07) is 1.80. The standard InChI is InChI=1S/C9H12BrClN2O/c1-2-14-4-3-12-9-8(10)5-7(11)6-13-9/h5-6H,2-4H2,1H3,(H,12,13). The molecule has 1 N–H and O–H groups in total. The number of rotatable bonds is 5. The van der Waals surface area contributed by atoms with Crippen LogP contribution >= 0.6 is 27.5 Å². The van der Waals surface area contributed by atoms with Crippen molar-refractivity contribution in [2.45, 2.75) is 6.92 Å². The molecule has 0 saturated heterocycles. The van der Waals surface area contributed by atoms with Crippen LogP contribution in [-0.2, 0) is 4.74 Å². The van der Waals surface area contributed by atoms with Gasteiger partial charge >= 0.3 is 0 Å². The number of aromatic nitrogens is 1. The third kappa shape index (κ3) is 3.82. The summed E-state index contributed by atoms with van der Waals surface area (Å²) in [4.78, 5) is 4.13. The van der Waals surface area contributed by atoms with Gasteiger partial charge in [-0.1, -0.05) is 11.6 Å². The van der Waals surface area contributed by atoms with Gasteiger partial charge in [-0.25, -0.2) is 4.98 Å². The van der Waals surface area contributed by atoms with Crippen molar-refractivity contribution >= 4 is 33.3 Å². The van der Waals surface area contributed by atoms with Gasteiger partial charge in [-0.2, -0.15) is 0 Å². The minimum atomic E-state index is 0.618. The molecule has 0 fully saturated rings. The number of nitrogens with one attached hydrogen (secondary N) is 1. The Kier molecular flexibility index (Phi) is 5.22. The summed E-state index contributed by atoms with van der Waals surface area (Å²) < 4.78 is 6.05. The zero-order valence-corrected chi connectivity index (χ0v) is 10.2. The minimum Gasteiger partial charge on any atom is -0.380 e. The third-order valence-electron chi connectivity index (χ3n) is 1.55. The molecule has 14 heavy (non-hydrogen) atoms. The quantitative estimate of drug-likeness (QED) is 0.842. The molecule has 0 aliphatic heterocycles. The lowest BCUT2D eigenvalue weighted by Crippen LogP contribution is -2.10. The molecule has 1 heterocycles. The van der Waals surface area contributed by atoms with Crippen molar-refractivity contribution in [3.8, 4) is 0 Å². The van der Waals surface area contributed by atoms with Crippen molar-refractivity contribution in [3.63, 3.8) is 0 Å². The first-order valence-corrected chi connectivity index (χ1v) is 5.53. The second-order valence-corrected chi connectivity index (χ2v) is 3.90. The van der Waals surface area contributed by atoms with Gasteiger partial charge in [0.2, 0.25) is 0 Å². The first-order chi connectivity index (χ1) is 6.74. The average Bonchev–Trinajstić information content (AvgIpc) is 2.15. The zero-order chi connectivity index (χ0) is 10.4. The number of hydrogen-bond acceptors (Lipinski definition) is 3. The molecule has 1 aromatic heterocycles. The van der Waals surface area contributed by atoms with E-state index < -0.39 is 0 Å². The fourth-order valence-corrected chi connectivity index (χ4v) is 1.71. The average molecular weight is 280 g/mol. The predicted molar refractivity (Wildman–Crippen MR) is 61.9 cm³/mol. The Bertz CT molecular complexity index is 296. The fraction of sp³-hybridized carbons (Fsp3) is 0.444. The first-order valence-electron chi connectivity index (χ1n) is 4.36. The molecule has 3 nitrogen and oxygen atoms in total. The number of halogens is 2. The van der Waals surface area contributed by atoms with Crippen LogP contribution in [0.4, 0.5) is 5.82 Å². The van der Waals surface area contributed by atoms with Gasteiger partial charge < -0.3 is 10.1 Å². The Labute approximate surface area is 96.9 Å². The van der Waals surface area contributed by atoms with Gasteiger partial charge in [0.15, 0.2) is 0 Å². The molecule has 0 aliphatic rings. The lowest BCUT2D eigenvalue weighted by Gasteiger charge is -2.07. The molecule has 78 valence electrons. The number of anilines is 1. The van der Waals surface area contributed by atoms with Crippen molar-refractivity contribution in [3.05, 3.63) is 21.8 Å². The van der Waals surface area contributed by atoms with Gasteiger partial charge in [-0.05, 0) is 28.9 Å². The van der Waals surface area contributed by atoms with Gasteiger partial charge in [0.1, 0.15) is 5.82 Å². The van der Waals surface area contributed by atoms with Crippen LogP contribution in [0.15, 0.2) is 16.7 Å². The summed E-state index contributed by atoms with van der Waals surface area (Å²) in [5.41, 5.74) is 0. The lowest BCUT2D eigenvalue weighted by molar-refractivity contribution is 0.158. The number of nitrogens with zero attached hydrogens (tertiary/aromatic N) is 1. The SMILES string of the molecule is CCOCCNc1ncc(Cl)cc1Br. The van der Waals surface area contributed by atoms with Crippen molar-refractivity contribution in [1.82, 2.24) is 4.98 Å². The van der Waals surface area contributed by atoms with E-state index in [-0.39, 0.29) is 0 Å². The Hall–Kier alpha value is -0.320. The molecule has 0 spiro atoms. The summed E-state index contributed by atoms with van der Waals surface area (Å²) in [5, 5.41) is 3.75. The molecule has 0 saturated carbocycles. The van der Waals surface area contributed by atoms with Crippen molar-refractivity contribution in [2.75, 3.05) is 25.1 Å². The van der Waals surface area contributed by atoms with Gasteiger partial charge in [-0.3, -0.25) is 0 Å². The molecular weight excluding hydrogens is 267 g/mol. The van der Waals surface area contributed by atoms with Crippen molar-refractivity contribution in [1.29, 1.82) is 0 Å². The summed E-state index contributed by atoms with van der Waals surface area (Å²) in [6.07, 6.45) is 1.61. The Balaban J connectivity index is 2.42. The largest absolute Gasteiger partial charge is 0.380 e. The highest BCUT2D eigenvalue weighted by Gasteiger charge is 2.00. The maximum atomic E-state index is 5.76. The molecule has 0 atom stereocenters. The Morgan fingerprint density at radius 1 is 1.64 bits per heavy atom. The molecule has 0 amide bonds. The van der Waals surface area contributed by atoms with Crippen molar-refractivity contribution in [2.24, 2.45) is 0 Å². The highest BCUT2D eigenvalue weighted by Crippen LogP contribution is 2.22. The Morgan fingerprint density at radius 3 is 3.07 bits per heavy atom. The van der Waals surface area contributed by atoms with Crippen LogP contribution in [0.5, 0.6) is 0 Å². The van der Waals surface area contributed by atoms with Gasteiger partial charge in [0, 0.05) is 19.3 Å². The maximum absolute atomic E-state index is 5.76. The molecule has 5 heteroatoms. The highest BCUT2D eigenvalue weighted by molar-refractivity contribution is 9.10. The lowest BCUT2D eigenvalue weighted by atomic mass is 10.4. The topological polar surface area (TPSA) is 34.1 Å². The van der Waals surface area contributed by atoms with Crippen molar-refractivity contribution < 1.29 is 4.74 Å². The van der Waals surface area contributed by atoms with E-state index in [9.17, 15) is 0 Å². The fourth-order valence-electron chi connectivity index (χ4n) is 0.931. The van der Waals surface area contributed by atoms with E-state index >= 15 is 0 Å². The van der Waals surface area contributed by atoms with E-state index in [1.54, 1.807) is 12.3 Å². The first kappa shape index (κ1) is 11.8. The number of ether oxygens (including phenoxy) is 1. The maximum Gasteiger partial charge on any atom is 0.140 e. The molecule has 0 aliphatic carbocycles. The van der Waals surface area contributed by atoms with Crippen LogP contribution in [0.2, 0.25) is 5.02 Å². The van der Waals surface area contributed by atoms with Gasteiger partial charge in [0.05, 0.1) is 16.1 Å². The van der Waals surface area contributed by atoms with E-state index in [0.29, 0.717) is 11.6 Å². The number of hydrogen-bond donors (Lipinski definition) is 1. The van der Waals surface area contributed by atoms with Crippen LogP contribution in [0.3, 0.4) is 0 Å².